The maximum atomic E-state index is 13.8. The first-order chi connectivity index (χ1) is 12.7. The molecule has 132 valence electrons. The zero-order chi connectivity index (χ0) is 17.9. The van der Waals surface area contributed by atoms with Crippen molar-refractivity contribution >= 4 is 5.82 Å². The van der Waals surface area contributed by atoms with Gasteiger partial charge in [-0.3, -0.25) is 9.78 Å². The first-order valence-corrected chi connectivity index (χ1v) is 8.02. The fraction of sp³-hybridized carbons (Fsp3) is 0.235. The molecule has 1 N–H and O–H groups in total. The Hall–Kier alpha value is -3.20. The maximum Gasteiger partial charge on any atom is 0.267 e. The molecule has 0 bridgehead atoms. The van der Waals surface area contributed by atoms with Gasteiger partial charge in [-0.05, 0) is 18.2 Å². The Labute approximate surface area is 147 Å². The van der Waals surface area contributed by atoms with Crippen LogP contribution in [0.4, 0.5) is 10.2 Å². The van der Waals surface area contributed by atoms with Crippen LogP contribution in [0, 0.1) is 5.82 Å². The van der Waals surface area contributed by atoms with E-state index in [9.17, 15) is 9.18 Å². The van der Waals surface area contributed by atoms with Crippen molar-refractivity contribution in [3.63, 3.8) is 0 Å². The molecule has 4 heterocycles. The number of anilines is 1. The van der Waals surface area contributed by atoms with Crippen LogP contribution in [0.5, 0.6) is 0 Å². The average Bonchev–Trinajstić information content (AvgIpc) is 3.13. The summed E-state index contributed by atoms with van der Waals surface area (Å²) in [6, 6.07) is 6.02. The van der Waals surface area contributed by atoms with Gasteiger partial charge in [-0.15, -0.1) is 0 Å². The summed E-state index contributed by atoms with van der Waals surface area (Å²) in [5, 5.41) is 7.44. The van der Waals surface area contributed by atoms with Crippen molar-refractivity contribution in [2.24, 2.45) is 0 Å². The zero-order valence-electron chi connectivity index (χ0n) is 13.6. The Kier molecular flexibility index (Phi) is 4.36. The summed E-state index contributed by atoms with van der Waals surface area (Å²) in [5.41, 5.74) is 1.16. The predicted octanol–water partition coefficient (Wildman–Crippen LogP) is 1.29. The van der Waals surface area contributed by atoms with E-state index in [-0.39, 0.29) is 24.0 Å². The van der Waals surface area contributed by atoms with Gasteiger partial charge in [0.15, 0.2) is 11.6 Å². The van der Waals surface area contributed by atoms with Crippen molar-refractivity contribution in [2.45, 2.75) is 12.1 Å². The van der Waals surface area contributed by atoms with E-state index in [0.717, 1.165) is 11.8 Å². The average molecular weight is 354 g/mol. The molecular formula is C17H15FN6O2. The molecule has 2 atom stereocenters. The number of nitrogens with one attached hydrogen (secondary N) is 1. The highest BCUT2D eigenvalue weighted by Crippen LogP contribution is 2.23. The zero-order valence-corrected chi connectivity index (χ0v) is 13.6. The quantitative estimate of drug-likeness (QED) is 0.754. The van der Waals surface area contributed by atoms with Crippen molar-refractivity contribution in [1.29, 1.82) is 0 Å². The van der Waals surface area contributed by atoms with Gasteiger partial charge in [0.05, 0.1) is 31.1 Å². The summed E-state index contributed by atoms with van der Waals surface area (Å²) in [7, 11) is 0. The molecular weight excluding hydrogens is 339 g/mol. The first kappa shape index (κ1) is 16.3. The van der Waals surface area contributed by atoms with Crippen LogP contribution in [0.3, 0.4) is 0 Å². The minimum absolute atomic E-state index is 0.0666. The molecule has 3 aromatic heterocycles. The van der Waals surface area contributed by atoms with Crippen LogP contribution in [0.15, 0.2) is 54.0 Å². The molecule has 8 nitrogen and oxygen atoms in total. The Morgan fingerprint density at radius 3 is 2.92 bits per heavy atom. The number of hydrogen-bond donors (Lipinski definition) is 1. The lowest BCUT2D eigenvalue weighted by molar-refractivity contribution is 0.183. The van der Waals surface area contributed by atoms with E-state index >= 15 is 0 Å². The second-order valence-corrected chi connectivity index (χ2v) is 5.82. The third kappa shape index (κ3) is 3.16. The largest absolute Gasteiger partial charge is 0.377 e. The lowest BCUT2D eigenvalue weighted by atomic mass is 10.1. The summed E-state index contributed by atoms with van der Waals surface area (Å²) in [6.07, 6.45) is 5.67. The van der Waals surface area contributed by atoms with Crippen LogP contribution in [0.2, 0.25) is 0 Å². The van der Waals surface area contributed by atoms with Gasteiger partial charge in [-0.1, -0.05) is 0 Å². The second-order valence-electron chi connectivity index (χ2n) is 5.82. The molecule has 0 saturated carbocycles. The van der Waals surface area contributed by atoms with Gasteiger partial charge in [0, 0.05) is 24.0 Å². The fourth-order valence-corrected chi connectivity index (χ4v) is 2.85. The number of pyridine rings is 1. The minimum atomic E-state index is -0.567. The standard InChI is InChI=1S/C17H15FN6O2/c18-12-7-20-10-21-17(12)22-14-8-26-9-15(14)24-16(25)4-3-13(23-24)11-2-1-5-19-6-11/h1-7,10,14-15H,8-9H2,(H,20,21,22). The van der Waals surface area contributed by atoms with Gasteiger partial charge in [0.25, 0.3) is 5.56 Å². The van der Waals surface area contributed by atoms with Gasteiger partial charge in [0.2, 0.25) is 0 Å². The predicted molar refractivity (Wildman–Crippen MR) is 91.0 cm³/mol. The number of aromatic nitrogens is 5. The molecule has 9 heteroatoms. The monoisotopic (exact) mass is 354 g/mol. The molecule has 0 aromatic carbocycles. The fourth-order valence-electron chi connectivity index (χ4n) is 2.85. The molecule has 0 aliphatic carbocycles. The van der Waals surface area contributed by atoms with E-state index in [1.807, 2.05) is 6.07 Å². The molecule has 4 rings (SSSR count). The maximum absolute atomic E-state index is 13.8. The molecule has 2 unspecified atom stereocenters. The van der Waals surface area contributed by atoms with Crippen LogP contribution < -0.4 is 10.9 Å². The minimum Gasteiger partial charge on any atom is -0.377 e. The molecule has 1 aliphatic rings. The highest BCUT2D eigenvalue weighted by Gasteiger charge is 2.32. The SMILES string of the molecule is O=c1ccc(-c2cccnc2)nn1C1COCC1Nc1ncncc1F. The molecule has 0 radical (unpaired) electrons. The molecule has 0 spiro atoms. The van der Waals surface area contributed by atoms with Crippen molar-refractivity contribution in [2.75, 3.05) is 18.5 Å². The number of halogens is 1. The Morgan fingerprint density at radius 1 is 1.19 bits per heavy atom. The van der Waals surface area contributed by atoms with Crippen molar-refractivity contribution in [3.8, 4) is 11.3 Å². The van der Waals surface area contributed by atoms with Crippen LogP contribution in [-0.4, -0.2) is 44.0 Å². The molecule has 1 saturated heterocycles. The van der Waals surface area contributed by atoms with Gasteiger partial charge < -0.3 is 10.1 Å². The van der Waals surface area contributed by atoms with Crippen molar-refractivity contribution < 1.29 is 9.13 Å². The Bertz CT molecular complexity index is 965. The molecule has 0 amide bonds. The van der Waals surface area contributed by atoms with Crippen molar-refractivity contribution in [3.05, 3.63) is 65.4 Å². The van der Waals surface area contributed by atoms with Crippen LogP contribution >= 0.6 is 0 Å². The summed E-state index contributed by atoms with van der Waals surface area (Å²) in [5.74, 6) is -0.500. The molecule has 1 fully saturated rings. The highest BCUT2D eigenvalue weighted by atomic mass is 19.1. The Morgan fingerprint density at radius 2 is 2.12 bits per heavy atom. The number of rotatable bonds is 4. The number of nitrogens with zero attached hydrogens (tertiary/aromatic N) is 5. The normalized spacial score (nSPS) is 19.4. The van der Waals surface area contributed by atoms with Crippen LogP contribution in [-0.2, 0) is 4.74 Å². The number of ether oxygens (including phenoxy) is 1. The van der Waals surface area contributed by atoms with Gasteiger partial charge >= 0.3 is 0 Å². The van der Waals surface area contributed by atoms with Gasteiger partial charge in [-0.2, -0.15) is 5.10 Å². The molecule has 1 aliphatic heterocycles. The van der Waals surface area contributed by atoms with Crippen molar-refractivity contribution in [1.82, 2.24) is 24.7 Å². The summed E-state index contributed by atoms with van der Waals surface area (Å²) in [4.78, 5) is 23.9. The summed E-state index contributed by atoms with van der Waals surface area (Å²) >= 11 is 0. The van der Waals surface area contributed by atoms with Gasteiger partial charge in [-0.25, -0.2) is 19.0 Å². The van der Waals surface area contributed by atoms with E-state index in [0.29, 0.717) is 12.3 Å². The third-order valence-corrected chi connectivity index (χ3v) is 4.14. The van der Waals surface area contributed by atoms with E-state index < -0.39 is 11.9 Å². The van der Waals surface area contributed by atoms with Crippen LogP contribution in [0.1, 0.15) is 6.04 Å². The molecule has 3 aromatic rings. The van der Waals surface area contributed by atoms with Gasteiger partial charge in [0.1, 0.15) is 12.4 Å². The Balaban J connectivity index is 1.65. The first-order valence-electron chi connectivity index (χ1n) is 8.02. The smallest absolute Gasteiger partial charge is 0.267 e. The topological polar surface area (TPSA) is 94.8 Å². The summed E-state index contributed by atoms with van der Waals surface area (Å²) in [6.45, 7) is 0.590. The van der Waals surface area contributed by atoms with E-state index in [4.69, 9.17) is 4.74 Å². The van der Waals surface area contributed by atoms with E-state index in [2.05, 4.69) is 25.4 Å². The lowest BCUT2D eigenvalue weighted by Crippen LogP contribution is -2.37. The number of hydrogen-bond acceptors (Lipinski definition) is 7. The van der Waals surface area contributed by atoms with E-state index in [1.165, 1.54) is 17.1 Å². The molecule has 26 heavy (non-hydrogen) atoms. The summed E-state index contributed by atoms with van der Waals surface area (Å²) < 4.78 is 20.7. The lowest BCUT2D eigenvalue weighted by Gasteiger charge is -2.21. The van der Waals surface area contributed by atoms with Crippen LogP contribution in [0.25, 0.3) is 11.3 Å². The highest BCUT2D eigenvalue weighted by molar-refractivity contribution is 5.56. The third-order valence-electron chi connectivity index (χ3n) is 4.14. The van der Waals surface area contributed by atoms with E-state index in [1.54, 1.807) is 24.5 Å². The second kappa shape index (κ2) is 6.96.